The number of likely N-dealkylation sites (tertiary alicyclic amines) is 1. The zero-order chi connectivity index (χ0) is 21.3. The van der Waals surface area contributed by atoms with Crippen LogP contribution in [0.25, 0.3) is 0 Å². The van der Waals surface area contributed by atoms with Gasteiger partial charge in [0.1, 0.15) is 0 Å². The van der Waals surface area contributed by atoms with Crippen molar-refractivity contribution in [2.45, 2.75) is 23.8 Å². The maximum Gasteiger partial charge on any atom is 0.264 e. The predicted octanol–water partition coefficient (Wildman–Crippen LogP) is 5.20. The lowest BCUT2D eigenvalue weighted by Crippen LogP contribution is -2.31. The molecule has 1 aromatic heterocycles. The predicted molar refractivity (Wildman–Crippen MR) is 121 cm³/mol. The number of hydrogen-bond acceptors (Lipinski definition) is 4. The Hall–Kier alpha value is -2.35. The number of carbonyl (C=O) groups excluding carboxylic acids is 1. The molecule has 0 unspecified atom stereocenters. The summed E-state index contributed by atoms with van der Waals surface area (Å²) < 4.78 is 27.5. The Morgan fingerprint density at radius 2 is 1.93 bits per heavy atom. The molecule has 1 aliphatic rings. The van der Waals surface area contributed by atoms with E-state index in [2.05, 4.69) is 0 Å². The molecule has 5 nitrogen and oxygen atoms in total. The Kier molecular flexibility index (Phi) is 5.86. The maximum atomic E-state index is 13.2. The van der Waals surface area contributed by atoms with E-state index in [1.165, 1.54) is 23.5 Å². The zero-order valence-corrected chi connectivity index (χ0v) is 18.8. The molecular weight excluding hydrogens is 440 g/mol. The summed E-state index contributed by atoms with van der Waals surface area (Å²) in [7, 11) is -2.36. The van der Waals surface area contributed by atoms with E-state index in [4.69, 9.17) is 11.6 Å². The van der Waals surface area contributed by atoms with Crippen LogP contribution in [0.1, 0.15) is 34.1 Å². The van der Waals surface area contributed by atoms with Gasteiger partial charge in [-0.3, -0.25) is 9.10 Å². The molecule has 4 rings (SSSR count). The van der Waals surface area contributed by atoms with Gasteiger partial charge in [0.25, 0.3) is 15.9 Å². The Labute approximate surface area is 185 Å². The molecule has 3 aromatic rings. The van der Waals surface area contributed by atoms with Crippen molar-refractivity contribution in [3.8, 4) is 0 Å². The van der Waals surface area contributed by atoms with Gasteiger partial charge in [0.2, 0.25) is 0 Å². The van der Waals surface area contributed by atoms with Gasteiger partial charge in [-0.15, -0.1) is 11.3 Å². The van der Waals surface area contributed by atoms with Crippen molar-refractivity contribution in [3.63, 3.8) is 0 Å². The van der Waals surface area contributed by atoms with Crippen LogP contribution in [-0.2, 0) is 10.0 Å². The average Bonchev–Trinajstić information content (AvgIpc) is 3.44. The number of benzene rings is 2. The number of thiophene rings is 1. The molecule has 1 fully saturated rings. The quantitative estimate of drug-likeness (QED) is 0.525. The van der Waals surface area contributed by atoms with Gasteiger partial charge in [0, 0.05) is 29.1 Å². The summed E-state index contributed by atoms with van der Waals surface area (Å²) in [6.45, 7) is 0.667. The monoisotopic (exact) mass is 460 g/mol. The van der Waals surface area contributed by atoms with Crippen LogP contribution in [0, 0.1) is 0 Å². The lowest BCUT2D eigenvalue weighted by molar-refractivity contribution is 0.0737. The number of nitrogens with zero attached hydrogens (tertiary/aromatic N) is 2. The second kappa shape index (κ2) is 8.41. The van der Waals surface area contributed by atoms with Crippen molar-refractivity contribution >= 4 is 44.6 Å². The van der Waals surface area contributed by atoms with Gasteiger partial charge >= 0.3 is 0 Å². The number of hydrogen-bond donors (Lipinski definition) is 0. The molecule has 0 spiro atoms. The molecule has 0 saturated carbocycles. The summed E-state index contributed by atoms with van der Waals surface area (Å²) in [6.07, 6.45) is 1.85. The highest BCUT2D eigenvalue weighted by Gasteiger charge is 2.32. The lowest BCUT2D eigenvalue weighted by Gasteiger charge is -2.24. The van der Waals surface area contributed by atoms with Crippen LogP contribution in [-0.4, -0.2) is 32.8 Å². The van der Waals surface area contributed by atoms with E-state index in [9.17, 15) is 13.2 Å². The highest BCUT2D eigenvalue weighted by atomic mass is 35.5. The van der Waals surface area contributed by atoms with Crippen molar-refractivity contribution in [1.82, 2.24) is 4.90 Å². The smallest absolute Gasteiger partial charge is 0.264 e. The summed E-state index contributed by atoms with van der Waals surface area (Å²) in [5.74, 6) is -0.145. The van der Waals surface area contributed by atoms with E-state index in [0.29, 0.717) is 22.8 Å². The van der Waals surface area contributed by atoms with Crippen LogP contribution in [0.15, 0.2) is 70.9 Å². The molecule has 8 heteroatoms. The summed E-state index contributed by atoms with van der Waals surface area (Å²) in [5, 5.41) is 2.46. The second-order valence-corrected chi connectivity index (χ2v) is 10.5. The normalized spacial score (nSPS) is 16.6. The molecule has 0 radical (unpaired) electrons. The van der Waals surface area contributed by atoms with Gasteiger partial charge in [0.05, 0.1) is 16.6 Å². The van der Waals surface area contributed by atoms with Crippen LogP contribution >= 0.6 is 22.9 Å². The third kappa shape index (κ3) is 3.97. The molecule has 2 aromatic carbocycles. The minimum atomic E-state index is -3.84. The highest BCUT2D eigenvalue weighted by Crippen LogP contribution is 2.35. The zero-order valence-electron chi connectivity index (χ0n) is 16.4. The van der Waals surface area contributed by atoms with Crippen LogP contribution in [0.2, 0.25) is 5.02 Å². The number of halogens is 1. The molecule has 0 N–H and O–H groups in total. The SMILES string of the molecule is CN(c1cccc(Cl)c1)S(=O)(=O)c1cccc(C(=O)N2CCC[C@@H]2c2cccs2)c1. The standard InChI is InChI=1S/C22H21ClN2O3S2/c1-24(18-8-3-7-17(23)15-18)30(27,28)19-9-2-6-16(14-19)22(26)25-12-4-10-20(25)21-11-5-13-29-21/h2-3,5-9,11,13-15,20H,4,10,12H2,1H3/t20-/m1/s1. The molecule has 2 heterocycles. The van der Waals surface area contributed by atoms with Crippen molar-refractivity contribution in [2.24, 2.45) is 0 Å². The van der Waals surface area contributed by atoms with Crippen molar-refractivity contribution < 1.29 is 13.2 Å². The summed E-state index contributed by atoms with van der Waals surface area (Å²) in [4.78, 5) is 16.3. The Morgan fingerprint density at radius 3 is 2.67 bits per heavy atom. The van der Waals surface area contributed by atoms with E-state index in [0.717, 1.165) is 17.7 Å². The molecular formula is C22H21ClN2O3S2. The van der Waals surface area contributed by atoms with E-state index in [1.807, 2.05) is 22.4 Å². The third-order valence-corrected chi connectivity index (χ3v) is 8.29. The first-order chi connectivity index (χ1) is 14.4. The van der Waals surface area contributed by atoms with Crippen LogP contribution in [0.5, 0.6) is 0 Å². The highest BCUT2D eigenvalue weighted by molar-refractivity contribution is 7.92. The number of anilines is 1. The molecule has 1 aliphatic heterocycles. The minimum absolute atomic E-state index is 0.0481. The van der Waals surface area contributed by atoms with Crippen molar-refractivity contribution in [2.75, 3.05) is 17.9 Å². The Morgan fingerprint density at radius 1 is 1.13 bits per heavy atom. The molecule has 0 bridgehead atoms. The first kappa shape index (κ1) is 20.9. The van der Waals surface area contributed by atoms with Crippen molar-refractivity contribution in [3.05, 3.63) is 81.5 Å². The van der Waals surface area contributed by atoms with Gasteiger partial charge in [-0.25, -0.2) is 8.42 Å². The Bertz CT molecular complexity index is 1160. The fourth-order valence-electron chi connectivity index (χ4n) is 3.71. The van der Waals surface area contributed by atoms with Crippen LogP contribution in [0.4, 0.5) is 5.69 Å². The maximum absolute atomic E-state index is 13.2. The Balaban J connectivity index is 1.63. The first-order valence-electron chi connectivity index (χ1n) is 9.57. The first-order valence-corrected chi connectivity index (χ1v) is 12.3. The molecule has 0 aliphatic carbocycles. The summed E-state index contributed by atoms with van der Waals surface area (Å²) >= 11 is 7.65. The van der Waals surface area contributed by atoms with Gasteiger partial charge in [0.15, 0.2) is 0 Å². The third-order valence-electron chi connectivity index (χ3n) is 5.30. The molecule has 156 valence electrons. The largest absolute Gasteiger partial charge is 0.331 e. The van der Waals surface area contributed by atoms with E-state index in [1.54, 1.807) is 47.7 Å². The fourth-order valence-corrected chi connectivity index (χ4v) is 6.00. The van der Waals surface area contributed by atoms with Gasteiger partial charge in [-0.2, -0.15) is 0 Å². The van der Waals surface area contributed by atoms with Gasteiger partial charge < -0.3 is 4.90 Å². The molecule has 1 amide bonds. The molecule has 1 saturated heterocycles. The van der Waals surface area contributed by atoms with E-state index < -0.39 is 10.0 Å². The number of sulfonamides is 1. The molecule has 30 heavy (non-hydrogen) atoms. The average molecular weight is 461 g/mol. The fraction of sp³-hybridized carbons (Fsp3) is 0.227. The summed E-state index contributed by atoms with van der Waals surface area (Å²) in [5.41, 5.74) is 0.829. The van der Waals surface area contributed by atoms with Crippen molar-refractivity contribution in [1.29, 1.82) is 0 Å². The number of rotatable bonds is 5. The molecule has 1 atom stereocenters. The summed E-state index contributed by atoms with van der Waals surface area (Å²) in [6, 6.07) is 17.0. The van der Waals surface area contributed by atoms with Crippen LogP contribution in [0.3, 0.4) is 0 Å². The topological polar surface area (TPSA) is 57.7 Å². The number of carbonyl (C=O) groups is 1. The number of amides is 1. The van der Waals surface area contributed by atoms with E-state index in [-0.39, 0.29) is 16.8 Å². The van der Waals surface area contributed by atoms with E-state index >= 15 is 0 Å². The van der Waals surface area contributed by atoms with Gasteiger partial charge in [-0.1, -0.05) is 29.8 Å². The lowest BCUT2D eigenvalue weighted by atomic mass is 10.1. The second-order valence-electron chi connectivity index (χ2n) is 7.15. The van der Waals surface area contributed by atoms with Crippen LogP contribution < -0.4 is 4.31 Å². The van der Waals surface area contributed by atoms with Gasteiger partial charge in [-0.05, 0) is 60.7 Å². The minimum Gasteiger partial charge on any atom is -0.331 e.